The summed E-state index contributed by atoms with van der Waals surface area (Å²) in [4.78, 5) is 0. The Morgan fingerprint density at radius 2 is 1.40 bits per heavy atom. The van der Waals surface area contributed by atoms with Crippen molar-refractivity contribution in [1.29, 1.82) is 0 Å². The summed E-state index contributed by atoms with van der Waals surface area (Å²) in [7, 11) is 0. The molecule has 0 fully saturated rings. The lowest BCUT2D eigenvalue weighted by Gasteiger charge is -2.11. The Kier molecular flexibility index (Phi) is 4.13. The number of rotatable bonds is 4. The molecule has 25 heavy (non-hydrogen) atoms. The van der Waals surface area contributed by atoms with Crippen LogP contribution in [0.15, 0.2) is 78.9 Å². The number of hydrogen-bond acceptors (Lipinski definition) is 3. The molecule has 0 atom stereocenters. The van der Waals surface area contributed by atoms with Gasteiger partial charge in [-0.05, 0) is 24.6 Å². The molecule has 0 aliphatic rings. The monoisotopic (exact) mass is 325 g/mol. The Hall–Kier alpha value is -3.20. The summed E-state index contributed by atoms with van der Waals surface area (Å²) >= 11 is 0. The molecule has 3 heteroatoms. The van der Waals surface area contributed by atoms with Crippen molar-refractivity contribution in [2.45, 2.75) is 13.3 Å². The molecule has 4 aromatic rings. The van der Waals surface area contributed by atoms with E-state index < -0.39 is 0 Å². The third-order valence-corrected chi connectivity index (χ3v) is 4.29. The molecule has 3 aromatic carbocycles. The van der Waals surface area contributed by atoms with Crippen molar-refractivity contribution in [3.05, 3.63) is 95.7 Å². The van der Waals surface area contributed by atoms with Crippen LogP contribution in [0.25, 0.3) is 10.8 Å². The van der Waals surface area contributed by atoms with Crippen LogP contribution < -0.4 is 5.32 Å². The number of hydrogen-bond donors (Lipinski definition) is 1. The summed E-state index contributed by atoms with van der Waals surface area (Å²) in [5.41, 5.74) is 4.48. The molecule has 0 saturated heterocycles. The van der Waals surface area contributed by atoms with E-state index in [2.05, 4.69) is 83.1 Å². The lowest BCUT2D eigenvalue weighted by Crippen LogP contribution is -2.02. The van der Waals surface area contributed by atoms with Crippen LogP contribution in [0.2, 0.25) is 0 Å². The minimum absolute atomic E-state index is 0.777. The van der Waals surface area contributed by atoms with Crippen molar-refractivity contribution in [2.24, 2.45) is 0 Å². The average molecular weight is 325 g/mol. The Balaban J connectivity index is 1.72. The highest BCUT2D eigenvalue weighted by molar-refractivity contribution is 5.94. The molecule has 3 nitrogen and oxygen atoms in total. The van der Waals surface area contributed by atoms with Crippen LogP contribution in [-0.4, -0.2) is 10.2 Å². The highest BCUT2D eigenvalue weighted by Gasteiger charge is 2.10. The molecular weight excluding hydrogens is 306 g/mol. The molecule has 0 saturated carbocycles. The highest BCUT2D eigenvalue weighted by atomic mass is 15.2. The first-order valence-electron chi connectivity index (χ1n) is 8.41. The van der Waals surface area contributed by atoms with Crippen LogP contribution in [-0.2, 0) is 6.42 Å². The Morgan fingerprint density at radius 3 is 2.16 bits per heavy atom. The molecule has 4 rings (SSSR count). The topological polar surface area (TPSA) is 37.8 Å². The zero-order chi connectivity index (χ0) is 17.1. The van der Waals surface area contributed by atoms with E-state index in [4.69, 9.17) is 0 Å². The van der Waals surface area contributed by atoms with Crippen LogP contribution in [0.3, 0.4) is 0 Å². The minimum atomic E-state index is 0.777. The van der Waals surface area contributed by atoms with Gasteiger partial charge in [0.05, 0.1) is 5.69 Å². The van der Waals surface area contributed by atoms with Crippen molar-refractivity contribution in [2.75, 3.05) is 5.32 Å². The lowest BCUT2D eigenvalue weighted by molar-refractivity contribution is 0.962. The molecular formula is C22H19N3. The van der Waals surface area contributed by atoms with Gasteiger partial charge in [0, 0.05) is 22.9 Å². The smallest absolute Gasteiger partial charge is 0.160 e. The molecule has 0 amide bonds. The third kappa shape index (κ3) is 3.36. The van der Waals surface area contributed by atoms with Crippen molar-refractivity contribution >= 4 is 22.3 Å². The van der Waals surface area contributed by atoms with E-state index in [0.29, 0.717) is 0 Å². The fraction of sp³-hybridized carbons (Fsp3) is 0.0909. The van der Waals surface area contributed by atoms with Crippen LogP contribution in [0, 0.1) is 6.92 Å². The van der Waals surface area contributed by atoms with E-state index in [-0.39, 0.29) is 0 Å². The number of fused-ring (bicyclic) bond motifs is 1. The molecule has 1 heterocycles. The second-order valence-electron chi connectivity index (χ2n) is 6.19. The molecule has 0 unspecified atom stereocenters. The zero-order valence-electron chi connectivity index (χ0n) is 14.1. The van der Waals surface area contributed by atoms with Gasteiger partial charge in [-0.2, -0.15) is 5.10 Å². The van der Waals surface area contributed by atoms with Gasteiger partial charge in [0.15, 0.2) is 5.82 Å². The average Bonchev–Trinajstić information content (AvgIpc) is 2.66. The lowest BCUT2D eigenvalue weighted by atomic mass is 10.0. The van der Waals surface area contributed by atoms with Gasteiger partial charge in [0.1, 0.15) is 0 Å². The first kappa shape index (κ1) is 15.3. The van der Waals surface area contributed by atoms with Crippen LogP contribution in [0.1, 0.15) is 16.8 Å². The van der Waals surface area contributed by atoms with Crippen LogP contribution in [0.4, 0.5) is 11.5 Å². The fourth-order valence-corrected chi connectivity index (χ4v) is 2.95. The SMILES string of the molecule is Cc1ccc(Nc2nnc(Cc3ccccc3)c3ccccc23)cc1. The molecule has 1 aromatic heterocycles. The van der Waals surface area contributed by atoms with Gasteiger partial charge in [-0.3, -0.25) is 0 Å². The Morgan fingerprint density at radius 1 is 0.720 bits per heavy atom. The maximum absolute atomic E-state index is 4.50. The first-order chi connectivity index (χ1) is 12.3. The van der Waals surface area contributed by atoms with Gasteiger partial charge in [0.2, 0.25) is 0 Å². The second-order valence-corrected chi connectivity index (χ2v) is 6.19. The van der Waals surface area contributed by atoms with Crippen LogP contribution >= 0.6 is 0 Å². The number of aromatic nitrogens is 2. The van der Waals surface area contributed by atoms with E-state index in [1.807, 2.05) is 18.2 Å². The summed E-state index contributed by atoms with van der Waals surface area (Å²) < 4.78 is 0. The molecule has 1 N–H and O–H groups in total. The van der Waals surface area contributed by atoms with Crippen molar-refractivity contribution < 1.29 is 0 Å². The second kappa shape index (κ2) is 6.73. The van der Waals surface area contributed by atoms with Crippen molar-refractivity contribution in [1.82, 2.24) is 10.2 Å². The maximum atomic E-state index is 4.50. The number of aryl methyl sites for hydroxylation is 1. The molecule has 0 spiro atoms. The third-order valence-electron chi connectivity index (χ3n) is 4.29. The van der Waals surface area contributed by atoms with E-state index in [9.17, 15) is 0 Å². The summed E-state index contributed by atoms with van der Waals surface area (Å²) in [5.74, 6) is 0.788. The van der Waals surface area contributed by atoms with Crippen molar-refractivity contribution in [3.8, 4) is 0 Å². The highest BCUT2D eigenvalue weighted by Crippen LogP contribution is 2.26. The number of anilines is 2. The predicted octanol–water partition coefficient (Wildman–Crippen LogP) is 5.27. The Labute approximate surface area is 147 Å². The van der Waals surface area contributed by atoms with Gasteiger partial charge < -0.3 is 5.32 Å². The van der Waals surface area contributed by atoms with E-state index >= 15 is 0 Å². The standard InChI is InChI=1S/C22H19N3/c1-16-11-13-18(14-12-16)23-22-20-10-6-5-9-19(20)21(24-25-22)15-17-7-3-2-4-8-17/h2-14H,15H2,1H3,(H,23,25). The van der Waals surface area contributed by atoms with E-state index in [1.165, 1.54) is 11.1 Å². The number of benzene rings is 3. The largest absolute Gasteiger partial charge is 0.338 e. The van der Waals surface area contributed by atoms with Gasteiger partial charge in [-0.15, -0.1) is 5.10 Å². The molecule has 0 bridgehead atoms. The molecule has 0 aliphatic heterocycles. The molecule has 122 valence electrons. The molecule has 0 aliphatic carbocycles. The number of nitrogens with one attached hydrogen (secondary N) is 1. The Bertz CT molecular complexity index is 993. The summed E-state index contributed by atoms with van der Waals surface area (Å²) in [6, 6.07) is 27.0. The van der Waals surface area contributed by atoms with Gasteiger partial charge >= 0.3 is 0 Å². The summed E-state index contributed by atoms with van der Waals surface area (Å²) in [6.07, 6.45) is 0.777. The normalized spacial score (nSPS) is 10.8. The summed E-state index contributed by atoms with van der Waals surface area (Å²) in [5, 5.41) is 14.6. The van der Waals surface area contributed by atoms with E-state index in [0.717, 1.165) is 34.4 Å². The predicted molar refractivity (Wildman–Crippen MR) is 103 cm³/mol. The zero-order valence-corrected chi connectivity index (χ0v) is 14.1. The van der Waals surface area contributed by atoms with Gasteiger partial charge in [-0.1, -0.05) is 72.3 Å². The summed E-state index contributed by atoms with van der Waals surface area (Å²) in [6.45, 7) is 2.08. The minimum Gasteiger partial charge on any atom is -0.338 e. The fourth-order valence-electron chi connectivity index (χ4n) is 2.95. The first-order valence-corrected chi connectivity index (χ1v) is 8.41. The number of nitrogens with zero attached hydrogens (tertiary/aromatic N) is 2. The van der Waals surface area contributed by atoms with Crippen molar-refractivity contribution in [3.63, 3.8) is 0 Å². The van der Waals surface area contributed by atoms with Gasteiger partial charge in [-0.25, -0.2) is 0 Å². The van der Waals surface area contributed by atoms with E-state index in [1.54, 1.807) is 0 Å². The quantitative estimate of drug-likeness (QED) is 0.555. The van der Waals surface area contributed by atoms with Crippen LogP contribution in [0.5, 0.6) is 0 Å². The van der Waals surface area contributed by atoms with Gasteiger partial charge in [0.25, 0.3) is 0 Å². The maximum Gasteiger partial charge on any atom is 0.160 e. The molecule has 0 radical (unpaired) electrons.